The number of carbonyl (C=O) groups is 2. The summed E-state index contributed by atoms with van der Waals surface area (Å²) in [7, 11) is 0. The first kappa shape index (κ1) is 23.7. The van der Waals surface area contributed by atoms with E-state index in [-0.39, 0.29) is 6.03 Å². The van der Waals surface area contributed by atoms with Crippen molar-refractivity contribution in [2.24, 2.45) is 0 Å². The van der Waals surface area contributed by atoms with Gasteiger partial charge in [0.15, 0.2) is 0 Å². The molecule has 0 spiro atoms. The van der Waals surface area contributed by atoms with E-state index in [0.717, 1.165) is 25.8 Å². The summed E-state index contributed by atoms with van der Waals surface area (Å²) < 4.78 is 0. The maximum atomic E-state index is 11.0. The van der Waals surface area contributed by atoms with Gasteiger partial charge in [-0.15, -0.1) is 6.58 Å². The molecule has 0 heterocycles. The minimum absolute atomic E-state index is 0.101. The van der Waals surface area contributed by atoms with Crippen molar-refractivity contribution in [2.45, 2.75) is 65.2 Å². The standard InChI is InChI=1S/C10H20N2O.C7H15NO2/c1-3-5-6-7-9-12-10(13)11-8-4-2;1-2-3-4-5-6-8(10)7-9/h4H,2-3,5-9H2,1H3,(H2,11,12,13);7,10H,2-6H2,1H3. The summed E-state index contributed by atoms with van der Waals surface area (Å²) in [5, 5.41) is 14.7. The van der Waals surface area contributed by atoms with E-state index in [1.165, 1.54) is 32.1 Å². The number of unbranched alkanes of at least 4 members (excludes halogenated alkanes) is 6. The highest BCUT2D eigenvalue weighted by Gasteiger charge is 1.95. The molecule has 0 radical (unpaired) electrons. The van der Waals surface area contributed by atoms with Crippen LogP contribution in [0.1, 0.15) is 65.2 Å². The largest absolute Gasteiger partial charge is 0.338 e. The molecule has 0 aliphatic heterocycles. The highest BCUT2D eigenvalue weighted by Crippen LogP contribution is 1.98. The zero-order valence-corrected chi connectivity index (χ0v) is 14.9. The summed E-state index contributed by atoms with van der Waals surface area (Å²) in [4.78, 5) is 20.8. The summed E-state index contributed by atoms with van der Waals surface area (Å²) in [5.41, 5.74) is 0. The summed E-state index contributed by atoms with van der Waals surface area (Å²) >= 11 is 0. The van der Waals surface area contributed by atoms with Crippen LogP contribution < -0.4 is 10.6 Å². The van der Waals surface area contributed by atoms with E-state index in [9.17, 15) is 9.59 Å². The smallest absolute Gasteiger partial charge is 0.315 e. The van der Waals surface area contributed by atoms with Gasteiger partial charge in [0.2, 0.25) is 6.41 Å². The molecule has 0 aliphatic carbocycles. The SMILES string of the molecule is C=CCNC(=O)NCCCCCC.CCCCCCN(O)C=O. The first-order chi connectivity index (χ1) is 11.1. The van der Waals surface area contributed by atoms with E-state index < -0.39 is 0 Å². The Hall–Kier alpha value is -1.56. The van der Waals surface area contributed by atoms with Gasteiger partial charge in [-0.1, -0.05) is 58.4 Å². The van der Waals surface area contributed by atoms with Gasteiger partial charge in [0.25, 0.3) is 0 Å². The monoisotopic (exact) mass is 329 g/mol. The molecule has 3 amide bonds. The van der Waals surface area contributed by atoms with Crippen LogP contribution in [0, 0.1) is 0 Å². The Morgan fingerprint density at radius 1 is 1.04 bits per heavy atom. The molecular weight excluding hydrogens is 294 g/mol. The lowest BCUT2D eigenvalue weighted by molar-refractivity contribution is -0.149. The molecule has 0 aliphatic rings. The molecule has 0 fully saturated rings. The molecule has 0 bridgehead atoms. The van der Waals surface area contributed by atoms with Crippen LogP contribution in [-0.4, -0.2) is 42.3 Å². The average molecular weight is 329 g/mol. The number of hydroxylamine groups is 2. The molecule has 0 saturated heterocycles. The third-order valence-electron chi connectivity index (χ3n) is 3.09. The Morgan fingerprint density at radius 3 is 2.17 bits per heavy atom. The molecule has 136 valence electrons. The lowest BCUT2D eigenvalue weighted by atomic mass is 10.2. The molecule has 0 saturated carbocycles. The summed E-state index contributed by atoms with van der Waals surface area (Å²) in [5.74, 6) is 0. The van der Waals surface area contributed by atoms with Crippen molar-refractivity contribution >= 4 is 12.4 Å². The number of nitrogens with one attached hydrogen (secondary N) is 2. The lowest BCUT2D eigenvalue weighted by Crippen LogP contribution is -2.35. The van der Waals surface area contributed by atoms with Crippen molar-refractivity contribution in [1.29, 1.82) is 0 Å². The Balaban J connectivity index is 0. The van der Waals surface area contributed by atoms with Gasteiger partial charge in [-0.05, 0) is 12.8 Å². The normalized spacial score (nSPS) is 9.35. The Labute approximate surface area is 141 Å². The number of hydrogen-bond donors (Lipinski definition) is 3. The Bertz CT molecular complexity index is 286. The number of rotatable bonds is 13. The summed E-state index contributed by atoms with van der Waals surface area (Å²) in [6.45, 7) is 9.56. The van der Waals surface area contributed by atoms with Crippen molar-refractivity contribution in [3.63, 3.8) is 0 Å². The highest BCUT2D eigenvalue weighted by atomic mass is 16.5. The quantitative estimate of drug-likeness (QED) is 0.159. The maximum absolute atomic E-state index is 11.0. The number of nitrogens with zero attached hydrogens (tertiary/aromatic N) is 1. The van der Waals surface area contributed by atoms with Crippen LogP contribution in [-0.2, 0) is 4.79 Å². The lowest BCUT2D eigenvalue weighted by Gasteiger charge is -2.06. The zero-order chi connectivity index (χ0) is 17.8. The molecular formula is C17H35N3O3. The van der Waals surface area contributed by atoms with E-state index in [1.54, 1.807) is 6.08 Å². The third-order valence-corrected chi connectivity index (χ3v) is 3.09. The molecule has 0 unspecified atom stereocenters. The fourth-order valence-electron chi connectivity index (χ4n) is 1.73. The maximum Gasteiger partial charge on any atom is 0.315 e. The van der Waals surface area contributed by atoms with Gasteiger partial charge in [0, 0.05) is 19.6 Å². The molecule has 6 nitrogen and oxygen atoms in total. The van der Waals surface area contributed by atoms with Gasteiger partial charge in [-0.2, -0.15) is 0 Å². The van der Waals surface area contributed by atoms with Crippen molar-refractivity contribution in [2.75, 3.05) is 19.6 Å². The third kappa shape index (κ3) is 22.9. The first-order valence-corrected chi connectivity index (χ1v) is 8.65. The van der Waals surface area contributed by atoms with Crippen molar-refractivity contribution in [3.05, 3.63) is 12.7 Å². The predicted octanol–water partition coefficient (Wildman–Crippen LogP) is 3.47. The molecule has 0 atom stereocenters. The van der Waals surface area contributed by atoms with Crippen molar-refractivity contribution in [1.82, 2.24) is 15.7 Å². The number of carbonyl (C=O) groups excluding carboxylic acids is 2. The van der Waals surface area contributed by atoms with Crippen LogP contribution in [0.4, 0.5) is 4.79 Å². The van der Waals surface area contributed by atoms with Crippen LogP contribution in [0.5, 0.6) is 0 Å². The Morgan fingerprint density at radius 2 is 1.65 bits per heavy atom. The van der Waals surface area contributed by atoms with Gasteiger partial charge in [0.1, 0.15) is 0 Å². The summed E-state index contributed by atoms with van der Waals surface area (Å²) in [6, 6.07) is -0.101. The van der Waals surface area contributed by atoms with E-state index in [2.05, 4.69) is 31.1 Å². The number of urea groups is 1. The second-order valence-electron chi connectivity index (χ2n) is 5.32. The van der Waals surface area contributed by atoms with E-state index in [0.29, 0.717) is 24.6 Å². The van der Waals surface area contributed by atoms with Gasteiger partial charge >= 0.3 is 6.03 Å². The van der Waals surface area contributed by atoms with Crippen LogP contribution in [0.25, 0.3) is 0 Å². The molecule has 3 N–H and O–H groups in total. The van der Waals surface area contributed by atoms with E-state index >= 15 is 0 Å². The van der Waals surface area contributed by atoms with Gasteiger partial charge in [0.05, 0.1) is 0 Å². The first-order valence-electron chi connectivity index (χ1n) is 8.65. The molecule has 0 aromatic rings. The molecule has 6 heteroatoms. The van der Waals surface area contributed by atoms with Crippen molar-refractivity contribution in [3.8, 4) is 0 Å². The topological polar surface area (TPSA) is 81.7 Å². The molecule has 0 aromatic carbocycles. The van der Waals surface area contributed by atoms with Crippen LogP contribution in [0.15, 0.2) is 12.7 Å². The van der Waals surface area contributed by atoms with E-state index in [4.69, 9.17) is 5.21 Å². The number of amides is 3. The molecule has 23 heavy (non-hydrogen) atoms. The molecule has 0 rings (SSSR count). The summed E-state index contributed by atoms with van der Waals surface area (Å²) in [6.07, 6.45) is 11.2. The molecule has 0 aromatic heterocycles. The second kappa shape index (κ2) is 20.4. The fourth-order valence-corrected chi connectivity index (χ4v) is 1.73. The Kier molecular flexibility index (Phi) is 21.1. The highest BCUT2D eigenvalue weighted by molar-refractivity contribution is 5.73. The minimum Gasteiger partial charge on any atom is -0.338 e. The average Bonchev–Trinajstić information content (AvgIpc) is 2.57. The van der Waals surface area contributed by atoms with Crippen LogP contribution >= 0.6 is 0 Å². The van der Waals surface area contributed by atoms with Crippen LogP contribution in [0.2, 0.25) is 0 Å². The van der Waals surface area contributed by atoms with Gasteiger partial charge in [-0.25, -0.2) is 9.86 Å². The minimum atomic E-state index is -0.101. The number of hydrogen-bond acceptors (Lipinski definition) is 3. The van der Waals surface area contributed by atoms with E-state index in [1.807, 2.05) is 0 Å². The van der Waals surface area contributed by atoms with Gasteiger partial charge in [-0.3, -0.25) is 10.0 Å². The van der Waals surface area contributed by atoms with Gasteiger partial charge < -0.3 is 10.6 Å². The zero-order valence-electron chi connectivity index (χ0n) is 14.9. The predicted molar refractivity (Wildman–Crippen MR) is 94.4 cm³/mol. The van der Waals surface area contributed by atoms with Crippen LogP contribution in [0.3, 0.4) is 0 Å². The van der Waals surface area contributed by atoms with Crippen molar-refractivity contribution < 1.29 is 14.8 Å². The second-order valence-corrected chi connectivity index (χ2v) is 5.32. The fraction of sp³-hybridized carbons (Fsp3) is 0.765.